The lowest BCUT2D eigenvalue weighted by atomic mass is 9.75. The highest BCUT2D eigenvalue weighted by atomic mass is 16.5. The van der Waals surface area contributed by atoms with Crippen molar-refractivity contribution in [3.05, 3.63) is 102 Å². The first-order chi connectivity index (χ1) is 28.6. The Morgan fingerprint density at radius 2 is 1.61 bits per heavy atom. The van der Waals surface area contributed by atoms with Gasteiger partial charge in [0.2, 0.25) is 11.8 Å². The van der Waals surface area contributed by atoms with Crippen LogP contribution in [0.15, 0.2) is 84.2 Å². The van der Waals surface area contributed by atoms with Gasteiger partial charge in [0.25, 0.3) is 0 Å². The van der Waals surface area contributed by atoms with Gasteiger partial charge in [-0.15, -0.1) is 0 Å². The summed E-state index contributed by atoms with van der Waals surface area (Å²) >= 11 is 0. The van der Waals surface area contributed by atoms with Crippen molar-refractivity contribution >= 4 is 29.2 Å². The first-order valence-corrected chi connectivity index (χ1v) is 21.0. The number of allylic oxidation sites excluding steroid dienone is 1. The standard InChI is InChI=1S/C47H55N7O5/c1-27(2)42-35(8-6-20-48-42)24-51-45(55)41-34-19-18-33(22-34)40(41)37-23-36(25-49-37)31-12-10-29(11-13-31)30-14-16-32(17-15-30)38-26-50-44(52-38)39-9-7-21-54(39)46(56)43(28(3)58-4)53-47(57)59-5/h6,8,10-17,20,25-28,33-34,39-41,43H,7,9,18-19,21-24H2,1-5H3,(H,50,52)(H,51,55)(H,53,57)/t28-,33?,34?,39+,40?,41-,43+/m1/s1. The third-order valence-electron chi connectivity index (χ3n) is 13.1. The monoisotopic (exact) mass is 797 g/mol. The molecular formula is C47H55N7O5. The number of ether oxygens (including phenoxy) is 2. The predicted molar refractivity (Wildman–Crippen MR) is 227 cm³/mol. The molecule has 4 aliphatic rings. The number of hydrogen-bond acceptors (Lipinski definition) is 8. The zero-order valence-corrected chi connectivity index (χ0v) is 34.6. The number of amides is 3. The third kappa shape index (κ3) is 8.19. The second kappa shape index (κ2) is 17.3. The fourth-order valence-corrected chi connectivity index (χ4v) is 9.96. The smallest absolute Gasteiger partial charge is 0.407 e. The Hall–Kier alpha value is -5.62. The zero-order valence-electron chi connectivity index (χ0n) is 34.6. The summed E-state index contributed by atoms with van der Waals surface area (Å²) in [7, 11) is 2.78. The van der Waals surface area contributed by atoms with Gasteiger partial charge < -0.3 is 30.0 Å². The highest BCUT2D eigenvalue weighted by Gasteiger charge is 2.52. The number of benzene rings is 2. The normalized spacial score (nSPS) is 23.2. The third-order valence-corrected chi connectivity index (χ3v) is 13.1. The maximum atomic E-state index is 13.8. The van der Waals surface area contributed by atoms with E-state index < -0.39 is 18.2 Å². The average Bonchev–Trinajstić information content (AvgIpc) is 4.13. The Balaban J connectivity index is 0.887. The number of hydrogen-bond donors (Lipinski definition) is 3. The number of carbonyl (C=O) groups excluding carboxylic acids is 3. The van der Waals surface area contributed by atoms with Crippen LogP contribution in [0.1, 0.15) is 93.9 Å². The number of pyridine rings is 1. The van der Waals surface area contributed by atoms with Gasteiger partial charge in [0, 0.05) is 62.3 Å². The fourth-order valence-electron chi connectivity index (χ4n) is 9.96. The van der Waals surface area contributed by atoms with Crippen LogP contribution in [-0.4, -0.2) is 76.4 Å². The Kier molecular flexibility index (Phi) is 11.8. The van der Waals surface area contributed by atoms with Crippen LogP contribution in [0.25, 0.3) is 28.0 Å². The van der Waals surface area contributed by atoms with E-state index in [1.165, 1.54) is 26.2 Å². The maximum Gasteiger partial charge on any atom is 0.407 e. The molecule has 0 radical (unpaired) electrons. The molecule has 3 fully saturated rings. The molecule has 12 heteroatoms. The summed E-state index contributed by atoms with van der Waals surface area (Å²) in [6.07, 6.45) is 10.2. The van der Waals surface area contributed by atoms with Gasteiger partial charge in [-0.05, 0) is 96.2 Å². The summed E-state index contributed by atoms with van der Waals surface area (Å²) in [5.74, 6) is 2.04. The molecule has 12 nitrogen and oxygen atoms in total. The van der Waals surface area contributed by atoms with Crippen LogP contribution in [0, 0.1) is 23.7 Å². The van der Waals surface area contributed by atoms with Crippen molar-refractivity contribution in [1.82, 2.24) is 30.5 Å². The van der Waals surface area contributed by atoms with Gasteiger partial charge in [0.1, 0.15) is 11.9 Å². The summed E-state index contributed by atoms with van der Waals surface area (Å²) in [6.45, 7) is 7.09. The number of methoxy groups -OCH3 is 2. The molecule has 2 saturated carbocycles. The minimum atomic E-state index is -0.883. The number of nitrogens with one attached hydrogen (secondary N) is 3. The number of likely N-dealkylation sites (tertiary alicyclic amines) is 1. The van der Waals surface area contributed by atoms with E-state index in [1.54, 1.807) is 11.8 Å². The van der Waals surface area contributed by atoms with Crippen molar-refractivity contribution < 1.29 is 23.9 Å². The van der Waals surface area contributed by atoms with Crippen molar-refractivity contribution in [2.45, 2.75) is 89.9 Å². The van der Waals surface area contributed by atoms with Crippen molar-refractivity contribution in [1.29, 1.82) is 0 Å². The van der Waals surface area contributed by atoms with Gasteiger partial charge in [0.15, 0.2) is 0 Å². The van der Waals surface area contributed by atoms with Gasteiger partial charge in [-0.3, -0.25) is 19.6 Å². The molecule has 2 aromatic carbocycles. The van der Waals surface area contributed by atoms with E-state index in [9.17, 15) is 14.4 Å². The number of alkyl carbamates (subject to hydrolysis) is 1. The van der Waals surface area contributed by atoms with Crippen LogP contribution in [0.5, 0.6) is 0 Å². The maximum absolute atomic E-state index is 13.8. The van der Waals surface area contributed by atoms with Gasteiger partial charge >= 0.3 is 6.09 Å². The SMILES string of the molecule is COC(=O)N[C@H](C(=O)N1CCC[C@H]1c1ncc(-c2ccc(-c3ccc(C4=CN=C(C5C6CCC(C6)[C@H]5C(=O)NCc5cccnc5C(C)C)C4)cc3)cc2)[nH]1)[C@@H](C)OC. The van der Waals surface area contributed by atoms with Crippen LogP contribution in [-0.2, 0) is 25.6 Å². The van der Waals surface area contributed by atoms with E-state index in [1.807, 2.05) is 24.7 Å². The fraction of sp³-hybridized carbons (Fsp3) is 0.447. The quantitative estimate of drug-likeness (QED) is 0.125. The Morgan fingerprint density at radius 3 is 2.32 bits per heavy atom. The molecule has 2 aliphatic heterocycles. The largest absolute Gasteiger partial charge is 0.453 e. The molecular weight excluding hydrogens is 743 g/mol. The summed E-state index contributed by atoms with van der Waals surface area (Å²) in [6, 6.07) is 19.9. The number of aromatic nitrogens is 3. The van der Waals surface area contributed by atoms with Gasteiger partial charge in [-0.1, -0.05) is 68.4 Å². The number of carbonyl (C=O) groups is 3. The number of aliphatic imine (C=N–C) groups is 1. The topological polar surface area (TPSA) is 151 Å². The summed E-state index contributed by atoms with van der Waals surface area (Å²) < 4.78 is 10.2. The number of nitrogens with zero attached hydrogens (tertiary/aromatic N) is 4. The number of fused-ring (bicyclic) bond motifs is 2. The van der Waals surface area contributed by atoms with E-state index in [0.29, 0.717) is 36.7 Å². The van der Waals surface area contributed by atoms with Crippen molar-refractivity contribution in [3.8, 4) is 22.4 Å². The Bertz CT molecular complexity index is 2230. The summed E-state index contributed by atoms with van der Waals surface area (Å²) in [5, 5.41) is 5.93. The van der Waals surface area contributed by atoms with Gasteiger partial charge in [-0.25, -0.2) is 9.78 Å². The molecule has 2 aliphatic carbocycles. The second-order valence-electron chi connectivity index (χ2n) is 16.8. The van der Waals surface area contributed by atoms with E-state index in [0.717, 1.165) is 77.0 Å². The number of aromatic amines is 1. The first-order valence-electron chi connectivity index (χ1n) is 21.0. The van der Waals surface area contributed by atoms with Crippen LogP contribution in [0.2, 0.25) is 0 Å². The lowest BCUT2D eigenvalue weighted by molar-refractivity contribution is -0.137. The Labute approximate surface area is 346 Å². The van der Waals surface area contributed by atoms with Crippen LogP contribution in [0.4, 0.5) is 4.79 Å². The Morgan fingerprint density at radius 1 is 0.898 bits per heavy atom. The zero-order chi connectivity index (χ0) is 41.2. The number of H-pyrrole nitrogens is 1. The molecule has 7 atom stereocenters. The van der Waals surface area contributed by atoms with E-state index in [4.69, 9.17) is 14.5 Å². The molecule has 4 aromatic rings. The van der Waals surface area contributed by atoms with Crippen LogP contribution >= 0.6 is 0 Å². The molecule has 3 amide bonds. The molecule has 308 valence electrons. The molecule has 3 N–H and O–H groups in total. The lowest BCUT2D eigenvalue weighted by Gasteiger charge is -2.30. The van der Waals surface area contributed by atoms with Crippen LogP contribution in [0.3, 0.4) is 0 Å². The van der Waals surface area contributed by atoms with E-state index in [2.05, 4.69) is 94.0 Å². The molecule has 59 heavy (non-hydrogen) atoms. The minimum Gasteiger partial charge on any atom is -0.453 e. The first kappa shape index (κ1) is 40.2. The van der Waals surface area contributed by atoms with Gasteiger partial charge in [-0.2, -0.15) is 0 Å². The van der Waals surface area contributed by atoms with Gasteiger partial charge in [0.05, 0.1) is 31.1 Å². The number of rotatable bonds is 13. The molecule has 4 heterocycles. The molecule has 2 aromatic heterocycles. The van der Waals surface area contributed by atoms with E-state index >= 15 is 0 Å². The predicted octanol–water partition coefficient (Wildman–Crippen LogP) is 7.85. The molecule has 3 unspecified atom stereocenters. The highest BCUT2D eigenvalue weighted by Crippen LogP contribution is 2.54. The second-order valence-corrected chi connectivity index (χ2v) is 16.8. The summed E-state index contributed by atoms with van der Waals surface area (Å²) in [4.78, 5) is 59.0. The van der Waals surface area contributed by atoms with Crippen molar-refractivity contribution in [3.63, 3.8) is 0 Å². The minimum absolute atomic E-state index is 0.0284. The highest BCUT2D eigenvalue weighted by molar-refractivity contribution is 6.02. The molecule has 8 rings (SSSR count). The summed E-state index contributed by atoms with van der Waals surface area (Å²) in [5.41, 5.74) is 9.71. The average molecular weight is 798 g/mol. The molecule has 0 spiro atoms. The number of imidazole rings is 1. The van der Waals surface area contributed by atoms with Crippen molar-refractivity contribution in [2.75, 3.05) is 20.8 Å². The lowest BCUT2D eigenvalue weighted by Crippen LogP contribution is -2.54. The molecule has 2 bridgehead atoms. The molecule has 1 saturated heterocycles. The van der Waals surface area contributed by atoms with Crippen molar-refractivity contribution in [2.24, 2.45) is 28.7 Å². The van der Waals surface area contributed by atoms with E-state index in [-0.39, 0.29) is 29.7 Å². The van der Waals surface area contributed by atoms with Crippen LogP contribution < -0.4 is 10.6 Å².